The average molecular weight is 176 g/mol. The summed E-state index contributed by atoms with van der Waals surface area (Å²) in [5.41, 5.74) is 9.67. The molecule has 0 radical (unpaired) electrons. The Labute approximate surface area is 76.5 Å². The molecule has 0 aromatic heterocycles. The lowest BCUT2D eigenvalue weighted by atomic mass is 10.3. The molecule has 3 heteroatoms. The largest absolute Gasteiger partial charge is 0.333 e. The van der Waals surface area contributed by atoms with Crippen molar-refractivity contribution in [2.45, 2.75) is 40.2 Å². The molecule has 12 heavy (non-hydrogen) atoms. The SMILES string of the molecule is CC(C)C.CN.C[C@H](N)CC=O. The van der Waals surface area contributed by atoms with Gasteiger partial charge in [-0.05, 0) is 19.9 Å². The Hall–Kier alpha value is -0.410. The maximum Gasteiger partial charge on any atom is 0.121 e. The van der Waals surface area contributed by atoms with E-state index in [1.165, 1.54) is 7.05 Å². The Morgan fingerprint density at radius 2 is 1.42 bits per heavy atom. The number of nitrogens with two attached hydrogens (primary N) is 2. The molecule has 0 aliphatic carbocycles. The molecule has 0 unspecified atom stereocenters. The zero-order valence-corrected chi connectivity index (χ0v) is 9.00. The van der Waals surface area contributed by atoms with Gasteiger partial charge in [0, 0.05) is 12.5 Å². The van der Waals surface area contributed by atoms with Gasteiger partial charge >= 0.3 is 0 Å². The first kappa shape index (κ1) is 17.6. The summed E-state index contributed by atoms with van der Waals surface area (Å²) in [6.07, 6.45) is 1.30. The fourth-order valence-corrected chi connectivity index (χ4v) is 0.152. The highest BCUT2D eigenvalue weighted by atomic mass is 16.1. The van der Waals surface area contributed by atoms with Crippen molar-refractivity contribution in [2.24, 2.45) is 17.4 Å². The van der Waals surface area contributed by atoms with Crippen LogP contribution in [0.2, 0.25) is 0 Å². The number of rotatable bonds is 2. The second kappa shape index (κ2) is 16.9. The smallest absolute Gasteiger partial charge is 0.121 e. The monoisotopic (exact) mass is 176 g/mol. The summed E-state index contributed by atoms with van der Waals surface area (Å²) in [4.78, 5) is 9.54. The fraction of sp³-hybridized carbons (Fsp3) is 0.889. The van der Waals surface area contributed by atoms with E-state index >= 15 is 0 Å². The molecule has 0 aliphatic heterocycles. The summed E-state index contributed by atoms with van der Waals surface area (Å²) >= 11 is 0. The Bertz CT molecular complexity index is 70.2. The van der Waals surface area contributed by atoms with Gasteiger partial charge in [0.2, 0.25) is 0 Å². The van der Waals surface area contributed by atoms with E-state index in [1.54, 1.807) is 6.92 Å². The number of hydrogen-bond donors (Lipinski definition) is 2. The van der Waals surface area contributed by atoms with Crippen molar-refractivity contribution in [3.63, 3.8) is 0 Å². The lowest BCUT2D eigenvalue weighted by Gasteiger charge is -1.91. The molecule has 0 bridgehead atoms. The standard InChI is InChI=1S/C4H9NO.C4H10.CH5N/c1-4(5)2-3-6;1-4(2)3;1-2/h3-4H,2,5H2,1H3;4H,1-3H3;2H2,1H3/t4-;;/m0../s1. The Morgan fingerprint density at radius 1 is 1.17 bits per heavy atom. The minimum atomic E-state index is 0.0301. The predicted octanol–water partition coefficient (Wildman–Crippen LogP) is 1.16. The van der Waals surface area contributed by atoms with Crippen LogP contribution in [0.3, 0.4) is 0 Å². The first-order valence-electron chi connectivity index (χ1n) is 4.27. The van der Waals surface area contributed by atoms with Gasteiger partial charge in [-0.2, -0.15) is 0 Å². The summed E-state index contributed by atoms with van der Waals surface area (Å²) in [6, 6.07) is 0.0301. The first-order chi connectivity index (χ1) is 5.50. The van der Waals surface area contributed by atoms with Gasteiger partial charge in [0.05, 0.1) is 0 Å². The third kappa shape index (κ3) is 105. The first-order valence-corrected chi connectivity index (χ1v) is 4.27. The molecular formula is C9H24N2O. The molecular weight excluding hydrogens is 152 g/mol. The Morgan fingerprint density at radius 3 is 1.42 bits per heavy atom. The summed E-state index contributed by atoms with van der Waals surface area (Å²) in [5, 5.41) is 0. The molecule has 0 rings (SSSR count). The number of hydrogen-bond acceptors (Lipinski definition) is 3. The van der Waals surface area contributed by atoms with Crippen LogP contribution in [0.15, 0.2) is 0 Å². The summed E-state index contributed by atoms with van der Waals surface area (Å²) in [7, 11) is 1.50. The second-order valence-electron chi connectivity index (χ2n) is 3.11. The third-order valence-corrected chi connectivity index (χ3v) is 0.468. The van der Waals surface area contributed by atoms with Gasteiger partial charge in [0.25, 0.3) is 0 Å². The maximum atomic E-state index is 9.54. The molecule has 4 N–H and O–H groups in total. The van der Waals surface area contributed by atoms with Crippen molar-refractivity contribution in [3.05, 3.63) is 0 Å². The van der Waals surface area contributed by atoms with Crippen LogP contribution in [-0.4, -0.2) is 19.4 Å². The zero-order valence-electron chi connectivity index (χ0n) is 9.00. The van der Waals surface area contributed by atoms with E-state index in [4.69, 9.17) is 5.73 Å². The van der Waals surface area contributed by atoms with E-state index in [2.05, 4.69) is 26.5 Å². The molecule has 3 nitrogen and oxygen atoms in total. The number of carbonyl (C=O) groups excluding carboxylic acids is 1. The van der Waals surface area contributed by atoms with Gasteiger partial charge in [0.1, 0.15) is 6.29 Å². The molecule has 0 fully saturated rings. The van der Waals surface area contributed by atoms with Gasteiger partial charge in [-0.1, -0.05) is 20.8 Å². The summed E-state index contributed by atoms with van der Waals surface area (Å²) < 4.78 is 0. The van der Waals surface area contributed by atoms with Crippen LogP contribution in [0.1, 0.15) is 34.1 Å². The van der Waals surface area contributed by atoms with Crippen LogP contribution in [0.5, 0.6) is 0 Å². The van der Waals surface area contributed by atoms with Crippen molar-refractivity contribution >= 4 is 6.29 Å². The summed E-state index contributed by atoms with van der Waals surface area (Å²) in [6.45, 7) is 8.30. The highest BCUT2D eigenvalue weighted by Crippen LogP contribution is 1.81. The molecule has 0 aliphatic rings. The highest BCUT2D eigenvalue weighted by Gasteiger charge is 1.85. The molecule has 1 atom stereocenters. The minimum Gasteiger partial charge on any atom is -0.333 e. The van der Waals surface area contributed by atoms with E-state index in [9.17, 15) is 4.79 Å². The van der Waals surface area contributed by atoms with Crippen LogP contribution in [0.4, 0.5) is 0 Å². The van der Waals surface area contributed by atoms with E-state index in [-0.39, 0.29) is 6.04 Å². The van der Waals surface area contributed by atoms with Gasteiger partial charge < -0.3 is 16.3 Å². The highest BCUT2D eigenvalue weighted by molar-refractivity contribution is 5.50. The lowest BCUT2D eigenvalue weighted by molar-refractivity contribution is -0.108. The molecule has 0 saturated carbocycles. The van der Waals surface area contributed by atoms with Gasteiger partial charge in [0.15, 0.2) is 0 Å². The molecule has 0 heterocycles. The molecule has 0 amide bonds. The third-order valence-electron chi connectivity index (χ3n) is 0.468. The molecule has 76 valence electrons. The number of carbonyl (C=O) groups is 1. The molecule has 0 aromatic carbocycles. The van der Waals surface area contributed by atoms with E-state index in [0.717, 1.165) is 12.2 Å². The molecule has 0 spiro atoms. The predicted molar refractivity (Wildman–Crippen MR) is 55.0 cm³/mol. The molecule has 0 aromatic rings. The second-order valence-corrected chi connectivity index (χ2v) is 3.11. The van der Waals surface area contributed by atoms with Gasteiger partial charge in [-0.15, -0.1) is 0 Å². The zero-order chi connectivity index (χ0) is 10.6. The van der Waals surface area contributed by atoms with Crippen LogP contribution < -0.4 is 11.5 Å². The van der Waals surface area contributed by atoms with Gasteiger partial charge in [-0.3, -0.25) is 0 Å². The van der Waals surface area contributed by atoms with Crippen molar-refractivity contribution in [2.75, 3.05) is 7.05 Å². The van der Waals surface area contributed by atoms with Crippen LogP contribution in [0.25, 0.3) is 0 Å². The topological polar surface area (TPSA) is 69.1 Å². The number of aldehydes is 1. The molecule has 0 saturated heterocycles. The van der Waals surface area contributed by atoms with Crippen molar-refractivity contribution in [1.29, 1.82) is 0 Å². The maximum absolute atomic E-state index is 9.54. The lowest BCUT2D eigenvalue weighted by Crippen LogP contribution is -2.14. The van der Waals surface area contributed by atoms with E-state index in [0.29, 0.717) is 6.42 Å². The minimum absolute atomic E-state index is 0.0301. The van der Waals surface area contributed by atoms with Crippen molar-refractivity contribution in [1.82, 2.24) is 0 Å². The van der Waals surface area contributed by atoms with E-state index in [1.807, 2.05) is 0 Å². The van der Waals surface area contributed by atoms with Crippen LogP contribution >= 0.6 is 0 Å². The summed E-state index contributed by atoms with van der Waals surface area (Å²) in [5.74, 6) is 0.833. The Balaban J connectivity index is -0.000000118. The van der Waals surface area contributed by atoms with Crippen molar-refractivity contribution in [3.8, 4) is 0 Å². The van der Waals surface area contributed by atoms with Crippen LogP contribution in [-0.2, 0) is 4.79 Å². The average Bonchev–Trinajstić information content (AvgIpc) is 1.90. The van der Waals surface area contributed by atoms with Crippen LogP contribution in [0, 0.1) is 5.92 Å². The van der Waals surface area contributed by atoms with Gasteiger partial charge in [-0.25, -0.2) is 0 Å². The quantitative estimate of drug-likeness (QED) is 0.620. The van der Waals surface area contributed by atoms with Crippen molar-refractivity contribution < 1.29 is 4.79 Å². The normalized spacial score (nSPS) is 10.3. The van der Waals surface area contributed by atoms with E-state index < -0.39 is 0 Å². The Kier molecular flexibility index (Phi) is 24.8. The fourth-order valence-electron chi connectivity index (χ4n) is 0.152.